The Morgan fingerprint density at radius 3 is 2.84 bits per heavy atom. The predicted octanol–water partition coefficient (Wildman–Crippen LogP) is 1.37. The maximum atomic E-state index is 11.9. The van der Waals surface area contributed by atoms with Gasteiger partial charge in [0.05, 0.1) is 7.11 Å². The van der Waals surface area contributed by atoms with E-state index >= 15 is 0 Å². The van der Waals surface area contributed by atoms with E-state index in [1.54, 1.807) is 13.0 Å². The van der Waals surface area contributed by atoms with Gasteiger partial charge in [0, 0.05) is 17.8 Å². The molecule has 2 N–H and O–H groups in total. The summed E-state index contributed by atoms with van der Waals surface area (Å²) in [6.45, 7) is 2.50. The minimum atomic E-state index is -0.645. The molecule has 1 aliphatic rings. The second-order valence-corrected chi connectivity index (χ2v) is 4.27. The molecule has 1 atom stereocenters. The summed E-state index contributed by atoms with van der Waals surface area (Å²) in [5.74, 6) is -0.714. The third kappa shape index (κ3) is 3.38. The first-order valence-corrected chi connectivity index (χ1v) is 5.87. The van der Waals surface area contributed by atoms with Crippen LogP contribution in [0.3, 0.4) is 0 Å². The van der Waals surface area contributed by atoms with Gasteiger partial charge < -0.3 is 15.4 Å². The molecule has 1 unspecified atom stereocenters. The van der Waals surface area contributed by atoms with Crippen molar-refractivity contribution in [2.24, 2.45) is 0 Å². The van der Waals surface area contributed by atoms with E-state index in [9.17, 15) is 9.59 Å². The summed E-state index contributed by atoms with van der Waals surface area (Å²) < 4.78 is 4.56. The van der Waals surface area contributed by atoms with Gasteiger partial charge >= 0.3 is 5.97 Å². The molecule has 19 heavy (non-hydrogen) atoms. The summed E-state index contributed by atoms with van der Waals surface area (Å²) in [6, 6.07) is 4.85. The normalized spacial score (nSPS) is 13.6. The van der Waals surface area contributed by atoms with Gasteiger partial charge in [-0.05, 0) is 37.1 Å². The van der Waals surface area contributed by atoms with E-state index < -0.39 is 12.0 Å². The highest BCUT2D eigenvalue weighted by Gasteiger charge is 2.18. The van der Waals surface area contributed by atoms with Crippen molar-refractivity contribution in [3.8, 4) is 0 Å². The molecule has 0 saturated carbocycles. The fraction of sp³-hybridized carbons (Fsp3) is 0.385. The van der Waals surface area contributed by atoms with Gasteiger partial charge in [-0.25, -0.2) is 4.79 Å². The number of amides is 1. The number of anilines is 1. The standard InChI is InChI=1S/C13H16N2O3.ClH/c1-8(13(17)18-2)15-12(16)10-3-4-11-9(7-10)5-6-14-11;/h3-4,7-8,14H,5-6H2,1-2H3,(H,15,16);1H. The molecule has 1 aliphatic heterocycles. The van der Waals surface area contributed by atoms with E-state index in [0.29, 0.717) is 5.56 Å². The van der Waals surface area contributed by atoms with Crippen molar-refractivity contribution < 1.29 is 14.3 Å². The third-order valence-corrected chi connectivity index (χ3v) is 2.98. The Bertz CT molecular complexity index is 491. The predicted molar refractivity (Wildman–Crippen MR) is 74.8 cm³/mol. The molecule has 0 bridgehead atoms. The number of fused-ring (bicyclic) bond motifs is 1. The molecule has 0 aliphatic carbocycles. The minimum Gasteiger partial charge on any atom is -0.467 e. The first-order chi connectivity index (χ1) is 8.61. The summed E-state index contributed by atoms with van der Waals surface area (Å²) in [6.07, 6.45) is 0.920. The average Bonchev–Trinajstić information content (AvgIpc) is 2.84. The average molecular weight is 285 g/mol. The highest BCUT2D eigenvalue weighted by molar-refractivity contribution is 5.97. The first-order valence-electron chi connectivity index (χ1n) is 5.87. The van der Waals surface area contributed by atoms with Crippen LogP contribution < -0.4 is 10.6 Å². The van der Waals surface area contributed by atoms with E-state index in [4.69, 9.17) is 0 Å². The van der Waals surface area contributed by atoms with Crippen molar-refractivity contribution in [3.05, 3.63) is 29.3 Å². The Hall–Kier alpha value is -1.75. The summed E-state index contributed by atoms with van der Waals surface area (Å²) in [5.41, 5.74) is 2.77. The molecule has 1 amide bonds. The molecular weight excluding hydrogens is 268 g/mol. The van der Waals surface area contributed by atoms with Crippen molar-refractivity contribution in [3.63, 3.8) is 0 Å². The number of esters is 1. The largest absolute Gasteiger partial charge is 0.467 e. The summed E-state index contributed by atoms with van der Waals surface area (Å²) >= 11 is 0. The summed E-state index contributed by atoms with van der Waals surface area (Å²) in [4.78, 5) is 23.2. The van der Waals surface area contributed by atoms with Gasteiger partial charge in [-0.1, -0.05) is 0 Å². The lowest BCUT2D eigenvalue weighted by atomic mass is 10.1. The second kappa shape index (κ2) is 6.43. The van der Waals surface area contributed by atoms with Crippen LogP contribution >= 0.6 is 12.4 Å². The van der Waals surface area contributed by atoms with Crippen LogP contribution in [0.25, 0.3) is 0 Å². The van der Waals surface area contributed by atoms with E-state index in [1.165, 1.54) is 7.11 Å². The van der Waals surface area contributed by atoms with Crippen LogP contribution in [0.1, 0.15) is 22.8 Å². The van der Waals surface area contributed by atoms with E-state index in [-0.39, 0.29) is 18.3 Å². The Kier molecular flexibility index (Phi) is 5.18. The number of carbonyl (C=O) groups excluding carboxylic acids is 2. The Labute approximate surface area is 118 Å². The number of benzene rings is 1. The summed E-state index contributed by atoms with van der Waals surface area (Å²) in [7, 11) is 1.30. The number of halogens is 1. The van der Waals surface area contributed by atoms with Gasteiger partial charge in [0.1, 0.15) is 6.04 Å². The Morgan fingerprint density at radius 1 is 1.42 bits per heavy atom. The van der Waals surface area contributed by atoms with Crippen molar-refractivity contribution in [1.29, 1.82) is 0 Å². The van der Waals surface area contributed by atoms with Crippen molar-refractivity contribution in [2.45, 2.75) is 19.4 Å². The number of hydrogen-bond acceptors (Lipinski definition) is 4. The monoisotopic (exact) mass is 284 g/mol. The number of ether oxygens (including phenoxy) is 1. The maximum Gasteiger partial charge on any atom is 0.328 e. The van der Waals surface area contributed by atoms with Gasteiger partial charge in [0.25, 0.3) is 5.91 Å². The molecule has 104 valence electrons. The summed E-state index contributed by atoms with van der Waals surface area (Å²) in [5, 5.41) is 5.83. The molecule has 1 heterocycles. The molecule has 0 saturated heterocycles. The molecule has 2 rings (SSSR count). The fourth-order valence-corrected chi connectivity index (χ4v) is 1.96. The smallest absolute Gasteiger partial charge is 0.328 e. The second-order valence-electron chi connectivity index (χ2n) is 4.27. The fourth-order valence-electron chi connectivity index (χ4n) is 1.96. The van der Waals surface area contributed by atoms with E-state index in [2.05, 4.69) is 15.4 Å². The molecule has 1 aromatic carbocycles. The van der Waals surface area contributed by atoms with Crippen LogP contribution in [0.2, 0.25) is 0 Å². The minimum absolute atomic E-state index is 0. The third-order valence-electron chi connectivity index (χ3n) is 2.98. The van der Waals surface area contributed by atoms with Gasteiger partial charge in [-0.3, -0.25) is 4.79 Å². The lowest BCUT2D eigenvalue weighted by molar-refractivity contribution is -0.142. The zero-order valence-corrected chi connectivity index (χ0v) is 11.7. The van der Waals surface area contributed by atoms with Crippen LogP contribution in [-0.2, 0) is 16.0 Å². The number of hydrogen-bond donors (Lipinski definition) is 2. The molecule has 0 radical (unpaired) electrons. The van der Waals surface area contributed by atoms with Crippen molar-refractivity contribution in [2.75, 3.05) is 19.0 Å². The SMILES string of the molecule is COC(=O)C(C)NC(=O)c1ccc2c(c1)CCN2.Cl. The quantitative estimate of drug-likeness (QED) is 0.823. The molecule has 6 heteroatoms. The van der Waals surface area contributed by atoms with Crippen LogP contribution in [0.4, 0.5) is 5.69 Å². The lowest BCUT2D eigenvalue weighted by Gasteiger charge is -2.12. The van der Waals surface area contributed by atoms with Gasteiger partial charge in [-0.15, -0.1) is 12.4 Å². The highest BCUT2D eigenvalue weighted by Crippen LogP contribution is 2.22. The highest BCUT2D eigenvalue weighted by atomic mass is 35.5. The zero-order valence-electron chi connectivity index (χ0n) is 10.9. The Morgan fingerprint density at radius 2 is 2.16 bits per heavy atom. The topological polar surface area (TPSA) is 67.4 Å². The number of nitrogens with one attached hydrogen (secondary N) is 2. The molecule has 0 fully saturated rings. The van der Waals surface area contributed by atoms with Gasteiger partial charge in [0.2, 0.25) is 0 Å². The molecule has 0 aromatic heterocycles. The van der Waals surface area contributed by atoms with Crippen LogP contribution in [0.5, 0.6) is 0 Å². The van der Waals surface area contributed by atoms with E-state index in [0.717, 1.165) is 24.2 Å². The van der Waals surface area contributed by atoms with Crippen molar-refractivity contribution in [1.82, 2.24) is 5.32 Å². The number of carbonyl (C=O) groups is 2. The molecular formula is C13H17ClN2O3. The molecule has 5 nitrogen and oxygen atoms in total. The maximum absolute atomic E-state index is 11.9. The first kappa shape index (κ1) is 15.3. The van der Waals surface area contributed by atoms with Crippen LogP contribution in [-0.4, -0.2) is 31.6 Å². The van der Waals surface area contributed by atoms with Gasteiger partial charge in [-0.2, -0.15) is 0 Å². The zero-order chi connectivity index (χ0) is 13.1. The van der Waals surface area contributed by atoms with E-state index in [1.807, 2.05) is 12.1 Å². The van der Waals surface area contributed by atoms with Crippen molar-refractivity contribution >= 4 is 30.0 Å². The lowest BCUT2D eigenvalue weighted by Crippen LogP contribution is -2.39. The van der Waals surface area contributed by atoms with Crippen LogP contribution in [0.15, 0.2) is 18.2 Å². The van der Waals surface area contributed by atoms with Gasteiger partial charge in [0.15, 0.2) is 0 Å². The number of methoxy groups -OCH3 is 1. The molecule has 1 aromatic rings. The van der Waals surface area contributed by atoms with Crippen LogP contribution in [0, 0.1) is 0 Å². The molecule has 0 spiro atoms. The Balaban J connectivity index is 0.00000180. The number of rotatable bonds is 3.